The van der Waals surface area contributed by atoms with Crippen molar-refractivity contribution in [2.24, 2.45) is 0 Å². The molecule has 4 rings (SSSR count). The van der Waals surface area contributed by atoms with Gasteiger partial charge in [-0.05, 0) is 43.2 Å². The van der Waals surface area contributed by atoms with Gasteiger partial charge in [-0.25, -0.2) is 4.98 Å². The van der Waals surface area contributed by atoms with Crippen molar-refractivity contribution in [2.75, 3.05) is 18.7 Å². The summed E-state index contributed by atoms with van der Waals surface area (Å²) in [6, 6.07) is 13.5. The number of thiazole rings is 1. The molecule has 0 aliphatic carbocycles. The van der Waals surface area contributed by atoms with E-state index in [0.717, 1.165) is 28.3 Å². The van der Waals surface area contributed by atoms with Crippen LogP contribution in [-0.4, -0.2) is 24.3 Å². The summed E-state index contributed by atoms with van der Waals surface area (Å²) in [5, 5.41) is 5.37. The van der Waals surface area contributed by atoms with E-state index in [1.165, 1.54) is 11.3 Å². The maximum absolute atomic E-state index is 12.3. The van der Waals surface area contributed by atoms with Crippen molar-refractivity contribution in [1.29, 1.82) is 0 Å². The van der Waals surface area contributed by atoms with Crippen molar-refractivity contribution in [3.05, 3.63) is 53.4 Å². The number of fused-ring (bicyclic) bond motifs is 1. The van der Waals surface area contributed by atoms with Crippen LogP contribution in [0.5, 0.6) is 17.2 Å². The highest BCUT2D eigenvalue weighted by Crippen LogP contribution is 2.36. The van der Waals surface area contributed by atoms with Gasteiger partial charge in [-0.3, -0.25) is 4.79 Å². The lowest BCUT2D eigenvalue weighted by molar-refractivity contribution is -0.116. The lowest BCUT2D eigenvalue weighted by atomic mass is 10.1. The summed E-state index contributed by atoms with van der Waals surface area (Å²) in [7, 11) is 0. The lowest BCUT2D eigenvalue weighted by Crippen LogP contribution is -2.12. The Morgan fingerprint density at radius 2 is 2.07 bits per heavy atom. The molecule has 3 aromatic rings. The Labute approximate surface area is 167 Å². The molecule has 1 amide bonds. The van der Waals surface area contributed by atoms with Gasteiger partial charge < -0.3 is 19.5 Å². The number of carbonyl (C=O) groups excluding carboxylic acids is 1. The number of anilines is 1. The molecule has 2 aromatic carbocycles. The summed E-state index contributed by atoms with van der Waals surface area (Å²) in [6.45, 7) is 2.79. The molecule has 0 fully saturated rings. The fourth-order valence-corrected chi connectivity index (χ4v) is 3.69. The summed E-state index contributed by atoms with van der Waals surface area (Å²) in [5.74, 6) is 2.21. The highest BCUT2D eigenvalue weighted by Gasteiger charge is 2.15. The second-order valence-electron chi connectivity index (χ2n) is 6.19. The van der Waals surface area contributed by atoms with Gasteiger partial charge in [0.2, 0.25) is 12.7 Å². The number of aryl methyl sites for hydroxylation is 1. The van der Waals surface area contributed by atoms with Gasteiger partial charge in [0, 0.05) is 17.4 Å². The van der Waals surface area contributed by atoms with E-state index >= 15 is 0 Å². The van der Waals surface area contributed by atoms with E-state index in [0.29, 0.717) is 30.3 Å². The van der Waals surface area contributed by atoms with E-state index in [-0.39, 0.29) is 12.7 Å². The molecule has 0 spiro atoms. The van der Waals surface area contributed by atoms with Crippen LogP contribution in [0.2, 0.25) is 0 Å². The first kappa shape index (κ1) is 18.3. The van der Waals surface area contributed by atoms with E-state index in [1.807, 2.05) is 54.8 Å². The average Bonchev–Trinajstić information content (AvgIpc) is 3.36. The van der Waals surface area contributed by atoms with Crippen LogP contribution < -0.4 is 19.5 Å². The van der Waals surface area contributed by atoms with Gasteiger partial charge in [-0.15, -0.1) is 11.3 Å². The first-order chi connectivity index (χ1) is 13.7. The minimum atomic E-state index is -0.0714. The Kier molecular flexibility index (Phi) is 5.43. The Balaban J connectivity index is 1.37. The number of aromatic nitrogens is 1. The fourth-order valence-electron chi connectivity index (χ4n) is 2.96. The van der Waals surface area contributed by atoms with Gasteiger partial charge in [0.25, 0.3) is 0 Å². The molecule has 0 saturated carbocycles. The van der Waals surface area contributed by atoms with Crippen molar-refractivity contribution in [3.63, 3.8) is 0 Å². The minimum absolute atomic E-state index is 0.0714. The molecule has 0 radical (unpaired) electrons. The van der Waals surface area contributed by atoms with E-state index in [4.69, 9.17) is 14.2 Å². The monoisotopic (exact) mass is 396 g/mol. The lowest BCUT2D eigenvalue weighted by Gasteiger charge is -2.09. The molecule has 0 unspecified atom stereocenters. The van der Waals surface area contributed by atoms with Crippen molar-refractivity contribution in [3.8, 4) is 28.5 Å². The zero-order valence-corrected chi connectivity index (χ0v) is 16.3. The summed E-state index contributed by atoms with van der Waals surface area (Å²) >= 11 is 1.40. The number of nitrogens with one attached hydrogen (secondary N) is 1. The average molecular weight is 396 g/mol. The van der Waals surface area contributed by atoms with Crippen molar-refractivity contribution in [1.82, 2.24) is 4.98 Å². The highest BCUT2D eigenvalue weighted by atomic mass is 32.1. The second kappa shape index (κ2) is 8.31. The molecule has 7 heteroatoms. The summed E-state index contributed by atoms with van der Waals surface area (Å²) in [5.41, 5.74) is 2.74. The molecule has 1 N–H and O–H groups in total. The predicted octanol–water partition coefficient (Wildman–Crippen LogP) is 4.51. The van der Waals surface area contributed by atoms with Crippen molar-refractivity contribution in [2.45, 2.75) is 19.8 Å². The number of hydrogen-bond donors (Lipinski definition) is 1. The number of benzene rings is 2. The third-order valence-electron chi connectivity index (χ3n) is 4.31. The van der Waals surface area contributed by atoms with Gasteiger partial charge in [-0.1, -0.05) is 18.2 Å². The fraction of sp³-hybridized carbons (Fsp3) is 0.238. The third kappa shape index (κ3) is 4.09. The standard InChI is InChI=1S/C21H20N2O4S/c1-2-25-17-6-4-3-5-14(17)8-10-20(24)23-21-22-16(12-28-21)15-7-9-18-19(11-15)27-13-26-18/h3-7,9,11-12H,2,8,10,13H2,1H3,(H,22,23,24). The molecular formula is C21H20N2O4S. The largest absolute Gasteiger partial charge is 0.494 e. The molecule has 1 aliphatic rings. The Hall–Kier alpha value is -3.06. The Bertz CT molecular complexity index is 986. The van der Waals surface area contributed by atoms with Crippen LogP contribution in [0.1, 0.15) is 18.9 Å². The molecule has 0 saturated heterocycles. The molecule has 1 aromatic heterocycles. The summed E-state index contributed by atoms with van der Waals surface area (Å²) in [6.07, 6.45) is 0.978. The van der Waals surface area contributed by atoms with Gasteiger partial charge >= 0.3 is 0 Å². The third-order valence-corrected chi connectivity index (χ3v) is 5.07. The first-order valence-electron chi connectivity index (χ1n) is 9.09. The van der Waals surface area contributed by atoms with E-state index in [9.17, 15) is 4.79 Å². The van der Waals surface area contributed by atoms with Crippen molar-refractivity contribution < 1.29 is 19.0 Å². The quantitative estimate of drug-likeness (QED) is 0.636. The molecular weight excluding hydrogens is 376 g/mol. The molecule has 6 nitrogen and oxygen atoms in total. The first-order valence-corrected chi connectivity index (χ1v) is 9.97. The zero-order valence-electron chi connectivity index (χ0n) is 15.4. The number of para-hydroxylation sites is 1. The van der Waals surface area contributed by atoms with E-state index < -0.39 is 0 Å². The maximum atomic E-state index is 12.3. The zero-order chi connectivity index (χ0) is 19.3. The normalized spacial score (nSPS) is 12.0. The predicted molar refractivity (Wildman–Crippen MR) is 108 cm³/mol. The highest BCUT2D eigenvalue weighted by molar-refractivity contribution is 7.14. The molecule has 144 valence electrons. The van der Waals surface area contributed by atoms with Crippen LogP contribution in [0.15, 0.2) is 47.8 Å². The molecule has 2 heterocycles. The number of carbonyl (C=O) groups is 1. The number of amides is 1. The maximum Gasteiger partial charge on any atom is 0.231 e. The minimum Gasteiger partial charge on any atom is -0.494 e. The SMILES string of the molecule is CCOc1ccccc1CCC(=O)Nc1nc(-c2ccc3c(c2)OCO3)cs1. The van der Waals surface area contributed by atoms with Crippen molar-refractivity contribution >= 4 is 22.4 Å². The number of rotatable bonds is 7. The number of ether oxygens (including phenoxy) is 3. The topological polar surface area (TPSA) is 69.7 Å². The van der Waals surface area contributed by atoms with E-state index in [1.54, 1.807) is 0 Å². The van der Waals surface area contributed by atoms with Crippen LogP contribution in [0.3, 0.4) is 0 Å². The second-order valence-corrected chi connectivity index (χ2v) is 7.05. The van der Waals surface area contributed by atoms with Crippen LogP contribution in [0.4, 0.5) is 5.13 Å². The van der Waals surface area contributed by atoms with Gasteiger partial charge in [0.15, 0.2) is 16.6 Å². The van der Waals surface area contributed by atoms with Gasteiger partial charge in [0.05, 0.1) is 12.3 Å². The summed E-state index contributed by atoms with van der Waals surface area (Å²) < 4.78 is 16.3. The molecule has 1 aliphatic heterocycles. The van der Waals surface area contributed by atoms with Gasteiger partial charge in [0.1, 0.15) is 5.75 Å². The molecule has 0 atom stereocenters. The smallest absolute Gasteiger partial charge is 0.231 e. The van der Waals surface area contributed by atoms with Crippen LogP contribution in [0.25, 0.3) is 11.3 Å². The molecule has 28 heavy (non-hydrogen) atoms. The Morgan fingerprint density at radius 3 is 2.96 bits per heavy atom. The van der Waals surface area contributed by atoms with Gasteiger partial charge in [-0.2, -0.15) is 0 Å². The molecule has 0 bridgehead atoms. The van der Waals surface area contributed by atoms with Crippen LogP contribution in [-0.2, 0) is 11.2 Å². The van der Waals surface area contributed by atoms with E-state index in [2.05, 4.69) is 10.3 Å². The summed E-state index contributed by atoms with van der Waals surface area (Å²) in [4.78, 5) is 16.8. The van der Waals surface area contributed by atoms with Crippen LogP contribution >= 0.6 is 11.3 Å². The number of hydrogen-bond acceptors (Lipinski definition) is 6. The Morgan fingerprint density at radius 1 is 1.21 bits per heavy atom. The number of nitrogens with zero attached hydrogens (tertiary/aromatic N) is 1. The van der Waals surface area contributed by atoms with Crippen LogP contribution in [0, 0.1) is 0 Å².